The topological polar surface area (TPSA) is 111 Å². The first-order valence-corrected chi connectivity index (χ1v) is 15.0. The average Bonchev–Trinajstić information content (AvgIpc) is 2.97. The summed E-state index contributed by atoms with van der Waals surface area (Å²) in [7, 11) is 0. The summed E-state index contributed by atoms with van der Waals surface area (Å²) in [5.74, 6) is 0.995. The van der Waals surface area contributed by atoms with Gasteiger partial charge in [0.15, 0.2) is 0 Å². The van der Waals surface area contributed by atoms with E-state index in [1.807, 2.05) is 0 Å². The fourth-order valence-electron chi connectivity index (χ4n) is 2.63. The summed E-state index contributed by atoms with van der Waals surface area (Å²) in [6.45, 7) is 12.6. The molecule has 0 aliphatic rings. The summed E-state index contributed by atoms with van der Waals surface area (Å²) >= 11 is 11.0. The van der Waals surface area contributed by atoms with Gasteiger partial charge in [0, 0.05) is 11.8 Å². The molecular weight excluding hydrogens is 575 g/mol. The highest BCUT2D eigenvalue weighted by Crippen LogP contribution is 1.87. The van der Waals surface area contributed by atoms with Gasteiger partial charge in [-0.3, -0.25) is 0 Å². The van der Waals surface area contributed by atoms with E-state index in [0.29, 0.717) is 170 Å². The summed E-state index contributed by atoms with van der Waals surface area (Å²) in [6, 6.07) is 0. The molecule has 0 radical (unpaired) electrons. The Labute approximate surface area is 250 Å². The van der Waals surface area contributed by atoms with Crippen molar-refractivity contribution in [1.29, 1.82) is 0 Å². The monoisotopic (exact) mass is 626 g/mol. The lowest BCUT2D eigenvalue weighted by atomic mass is 10.6. The highest BCUT2D eigenvalue weighted by atomic mass is 35.5. The third-order valence-corrected chi connectivity index (χ3v) is 4.84. The number of alkyl halides is 2. The molecule has 0 saturated carbocycles. The fourth-order valence-corrected chi connectivity index (χ4v) is 2.85. The first kappa shape index (κ1) is 40.1. The van der Waals surface area contributed by atoms with Crippen molar-refractivity contribution in [2.45, 2.75) is 0 Å². The molecule has 0 aromatic heterocycles. The van der Waals surface area contributed by atoms with E-state index < -0.39 is 0 Å². The zero-order chi connectivity index (χ0) is 28.9. The summed E-state index contributed by atoms with van der Waals surface area (Å²) < 4.78 is 64.6. The summed E-state index contributed by atoms with van der Waals surface area (Å²) in [4.78, 5) is 0. The molecular formula is C26H52Cl2O12. The van der Waals surface area contributed by atoms with E-state index in [1.54, 1.807) is 0 Å². The fraction of sp³-hybridized carbons (Fsp3) is 1.00. The van der Waals surface area contributed by atoms with Gasteiger partial charge in [-0.25, -0.2) is 0 Å². The Morgan fingerprint density at radius 2 is 0.275 bits per heavy atom. The van der Waals surface area contributed by atoms with E-state index in [1.165, 1.54) is 0 Å². The van der Waals surface area contributed by atoms with Gasteiger partial charge in [0.05, 0.1) is 159 Å². The molecule has 0 amide bonds. The molecule has 0 fully saturated rings. The lowest BCUT2D eigenvalue weighted by Gasteiger charge is -2.09. The summed E-state index contributed by atoms with van der Waals surface area (Å²) in [5.41, 5.74) is 0. The van der Waals surface area contributed by atoms with Crippen LogP contribution >= 0.6 is 23.2 Å². The first-order chi connectivity index (χ1) is 19.9. The predicted octanol–water partition coefficient (Wildman–Crippen LogP) is 1.66. The van der Waals surface area contributed by atoms with Crippen LogP contribution in [0.5, 0.6) is 0 Å². The van der Waals surface area contributed by atoms with Crippen LogP contribution in [0, 0.1) is 0 Å². The summed E-state index contributed by atoms with van der Waals surface area (Å²) in [6.07, 6.45) is 0. The number of rotatable bonds is 37. The number of hydrogen-bond donors (Lipinski definition) is 0. The minimum absolute atomic E-state index is 0.498. The second-order valence-electron chi connectivity index (χ2n) is 7.73. The number of hydrogen-bond acceptors (Lipinski definition) is 12. The van der Waals surface area contributed by atoms with Crippen LogP contribution in [0.2, 0.25) is 0 Å². The maximum atomic E-state index is 5.50. The Hall–Kier alpha value is 0.1000. The van der Waals surface area contributed by atoms with Gasteiger partial charge in [-0.05, 0) is 0 Å². The molecule has 0 saturated heterocycles. The molecule has 0 aromatic carbocycles. The van der Waals surface area contributed by atoms with Crippen LogP contribution < -0.4 is 0 Å². The zero-order valence-electron chi connectivity index (χ0n) is 24.0. The van der Waals surface area contributed by atoms with Crippen LogP contribution in [0.3, 0.4) is 0 Å². The molecule has 14 heteroatoms. The van der Waals surface area contributed by atoms with Crippen LogP contribution in [0.25, 0.3) is 0 Å². The van der Waals surface area contributed by atoms with E-state index in [-0.39, 0.29) is 0 Å². The smallest absolute Gasteiger partial charge is 0.0701 e. The van der Waals surface area contributed by atoms with Gasteiger partial charge >= 0.3 is 0 Å². The van der Waals surface area contributed by atoms with Crippen molar-refractivity contribution in [2.24, 2.45) is 0 Å². The van der Waals surface area contributed by atoms with Crippen LogP contribution in [0.1, 0.15) is 0 Å². The van der Waals surface area contributed by atoms with Crippen molar-refractivity contribution in [1.82, 2.24) is 0 Å². The van der Waals surface area contributed by atoms with Crippen molar-refractivity contribution in [2.75, 3.05) is 170 Å². The largest absolute Gasteiger partial charge is 0.378 e. The highest BCUT2D eigenvalue weighted by molar-refractivity contribution is 6.18. The molecule has 242 valence electrons. The Bertz CT molecular complexity index is 406. The molecule has 0 heterocycles. The van der Waals surface area contributed by atoms with Crippen molar-refractivity contribution in [3.8, 4) is 0 Å². The standard InChI is InChI=1S/C26H52Cl2O12/c27-1-3-29-5-7-31-9-11-33-13-15-35-17-19-37-21-23-39-25-26-40-24-22-38-20-18-36-16-14-34-12-10-32-8-6-30-4-2-28/h1-26H2. The molecule has 0 aliphatic carbocycles. The van der Waals surface area contributed by atoms with Gasteiger partial charge in [-0.1, -0.05) is 0 Å². The SMILES string of the molecule is ClCCOCCOCCOCCOCCOCCOCCOCCOCCOCCOCCOCCOCCCl. The molecule has 0 bridgehead atoms. The Balaban J connectivity index is 3.01. The van der Waals surface area contributed by atoms with E-state index in [2.05, 4.69) is 0 Å². The van der Waals surface area contributed by atoms with Crippen LogP contribution in [0.15, 0.2) is 0 Å². The van der Waals surface area contributed by atoms with Crippen molar-refractivity contribution >= 4 is 23.2 Å². The maximum Gasteiger partial charge on any atom is 0.0701 e. The second-order valence-corrected chi connectivity index (χ2v) is 8.48. The third kappa shape index (κ3) is 38.1. The van der Waals surface area contributed by atoms with Gasteiger partial charge in [0.25, 0.3) is 0 Å². The van der Waals surface area contributed by atoms with E-state index in [0.717, 1.165) is 0 Å². The molecule has 0 aliphatic heterocycles. The van der Waals surface area contributed by atoms with Gasteiger partial charge in [0.1, 0.15) is 0 Å². The van der Waals surface area contributed by atoms with Crippen molar-refractivity contribution in [3.05, 3.63) is 0 Å². The van der Waals surface area contributed by atoms with Crippen molar-refractivity contribution in [3.63, 3.8) is 0 Å². The van der Waals surface area contributed by atoms with Crippen LogP contribution in [0.4, 0.5) is 0 Å². The molecule has 0 unspecified atom stereocenters. The quantitative estimate of drug-likeness (QED) is 0.0738. The van der Waals surface area contributed by atoms with Gasteiger partial charge in [-0.2, -0.15) is 0 Å². The normalized spacial score (nSPS) is 11.6. The lowest BCUT2D eigenvalue weighted by molar-refractivity contribution is -0.0281. The van der Waals surface area contributed by atoms with Crippen LogP contribution in [-0.2, 0) is 56.8 Å². The zero-order valence-corrected chi connectivity index (χ0v) is 25.6. The second kappa shape index (κ2) is 39.1. The van der Waals surface area contributed by atoms with E-state index >= 15 is 0 Å². The van der Waals surface area contributed by atoms with Gasteiger partial charge in [0.2, 0.25) is 0 Å². The molecule has 0 spiro atoms. The third-order valence-electron chi connectivity index (χ3n) is 4.54. The molecule has 0 N–H and O–H groups in total. The number of halogens is 2. The Kier molecular flexibility index (Phi) is 39.2. The minimum atomic E-state index is 0.498. The van der Waals surface area contributed by atoms with Crippen LogP contribution in [-0.4, -0.2) is 170 Å². The van der Waals surface area contributed by atoms with E-state index in [4.69, 9.17) is 80.0 Å². The predicted molar refractivity (Wildman–Crippen MR) is 151 cm³/mol. The molecule has 0 rings (SSSR count). The average molecular weight is 628 g/mol. The Morgan fingerprint density at radius 3 is 0.375 bits per heavy atom. The molecule has 0 atom stereocenters. The molecule has 40 heavy (non-hydrogen) atoms. The summed E-state index contributed by atoms with van der Waals surface area (Å²) in [5, 5.41) is 0. The maximum absolute atomic E-state index is 5.50. The lowest BCUT2D eigenvalue weighted by Crippen LogP contribution is -2.15. The van der Waals surface area contributed by atoms with E-state index in [9.17, 15) is 0 Å². The molecule has 0 aromatic rings. The number of ether oxygens (including phenoxy) is 12. The molecule has 12 nitrogen and oxygen atoms in total. The minimum Gasteiger partial charge on any atom is -0.378 e. The van der Waals surface area contributed by atoms with Crippen molar-refractivity contribution < 1.29 is 56.8 Å². The van der Waals surface area contributed by atoms with Gasteiger partial charge < -0.3 is 56.8 Å². The van der Waals surface area contributed by atoms with Gasteiger partial charge in [-0.15, -0.1) is 23.2 Å². The Morgan fingerprint density at radius 1 is 0.175 bits per heavy atom. The first-order valence-electron chi connectivity index (χ1n) is 14.0. The highest BCUT2D eigenvalue weighted by Gasteiger charge is 1.96.